The Bertz CT molecular complexity index is 1510. The molecule has 0 amide bonds. The molecular weight excluding hydrogens is 431 g/mol. The molecule has 5 aromatic rings. The first kappa shape index (κ1) is 19.6. The van der Waals surface area contributed by atoms with Crippen LogP contribution >= 0.6 is 23.2 Å². The standard InChI is InChI=1S/C25H16Cl2N2O2/c1-15-14-28-22(23(30)18-10-4-6-12-20(18)26)16-8-2-3-9-17(16)24(28)29(15)25(31)19-11-5-7-13-21(19)27/h2-14H,1H3. The summed E-state index contributed by atoms with van der Waals surface area (Å²) in [6.45, 7) is 1.83. The Hall–Kier alpha value is -3.34. The van der Waals surface area contributed by atoms with Gasteiger partial charge in [0.15, 0.2) is 0 Å². The van der Waals surface area contributed by atoms with E-state index in [1.165, 1.54) is 0 Å². The second kappa shape index (κ2) is 7.41. The molecule has 31 heavy (non-hydrogen) atoms. The van der Waals surface area contributed by atoms with E-state index in [9.17, 15) is 9.59 Å². The van der Waals surface area contributed by atoms with Crippen LogP contribution in [0.4, 0.5) is 0 Å². The molecule has 6 heteroatoms. The predicted molar refractivity (Wildman–Crippen MR) is 124 cm³/mol. The lowest BCUT2D eigenvalue weighted by molar-refractivity contribution is 0.0961. The van der Waals surface area contributed by atoms with Crippen molar-refractivity contribution in [2.75, 3.05) is 0 Å². The van der Waals surface area contributed by atoms with Gasteiger partial charge in [-0.05, 0) is 31.2 Å². The van der Waals surface area contributed by atoms with E-state index in [-0.39, 0.29) is 11.7 Å². The predicted octanol–water partition coefficient (Wildman–Crippen LogP) is 6.43. The van der Waals surface area contributed by atoms with Gasteiger partial charge in [0.25, 0.3) is 5.91 Å². The number of imidazole rings is 1. The Kier molecular flexibility index (Phi) is 4.69. The lowest BCUT2D eigenvalue weighted by Gasteiger charge is -2.07. The average Bonchev–Trinajstić information content (AvgIpc) is 3.26. The van der Waals surface area contributed by atoms with Crippen LogP contribution in [0.15, 0.2) is 79.0 Å². The molecule has 0 saturated heterocycles. The van der Waals surface area contributed by atoms with Crippen LogP contribution in [0.3, 0.4) is 0 Å². The van der Waals surface area contributed by atoms with Crippen molar-refractivity contribution in [3.63, 3.8) is 0 Å². The fourth-order valence-corrected chi connectivity index (χ4v) is 4.47. The van der Waals surface area contributed by atoms with Crippen LogP contribution in [0.1, 0.15) is 32.1 Å². The molecule has 0 aliphatic rings. The van der Waals surface area contributed by atoms with E-state index in [2.05, 4.69) is 0 Å². The second-order valence-corrected chi connectivity index (χ2v) is 8.10. The lowest BCUT2D eigenvalue weighted by atomic mass is 10.0. The number of aromatic nitrogens is 2. The van der Waals surface area contributed by atoms with Crippen LogP contribution in [0, 0.1) is 6.92 Å². The van der Waals surface area contributed by atoms with Crippen molar-refractivity contribution < 1.29 is 9.59 Å². The number of halogens is 2. The Labute approximate surface area is 188 Å². The summed E-state index contributed by atoms with van der Waals surface area (Å²) in [7, 11) is 0. The highest BCUT2D eigenvalue weighted by atomic mass is 35.5. The van der Waals surface area contributed by atoms with Gasteiger partial charge >= 0.3 is 0 Å². The zero-order chi connectivity index (χ0) is 21.7. The maximum atomic E-state index is 13.6. The van der Waals surface area contributed by atoms with Crippen molar-refractivity contribution in [2.24, 2.45) is 0 Å². The molecule has 2 aromatic heterocycles. The highest BCUT2D eigenvalue weighted by Gasteiger charge is 2.26. The number of hydrogen-bond acceptors (Lipinski definition) is 2. The maximum absolute atomic E-state index is 13.6. The van der Waals surface area contributed by atoms with Crippen molar-refractivity contribution in [1.82, 2.24) is 8.97 Å². The summed E-state index contributed by atoms with van der Waals surface area (Å²) in [5.41, 5.74) is 2.59. The summed E-state index contributed by atoms with van der Waals surface area (Å²) >= 11 is 12.6. The number of fused-ring (bicyclic) bond motifs is 3. The third-order valence-corrected chi connectivity index (χ3v) is 6.07. The number of rotatable bonds is 3. The molecule has 0 aliphatic heterocycles. The molecule has 0 unspecified atom stereocenters. The molecular formula is C25H16Cl2N2O2. The Morgan fingerprint density at radius 2 is 1.29 bits per heavy atom. The molecule has 152 valence electrons. The molecule has 0 saturated carbocycles. The third kappa shape index (κ3) is 2.99. The van der Waals surface area contributed by atoms with Crippen molar-refractivity contribution in [3.05, 3.63) is 112 Å². The monoisotopic (exact) mass is 446 g/mol. The SMILES string of the molecule is Cc1cn2c(C(=O)c3ccccc3Cl)c3ccccc3c2n1C(=O)c1ccccc1Cl. The van der Waals surface area contributed by atoms with Crippen LogP contribution in [0.25, 0.3) is 16.4 Å². The summed E-state index contributed by atoms with van der Waals surface area (Å²) in [6, 6.07) is 21.5. The summed E-state index contributed by atoms with van der Waals surface area (Å²) in [4.78, 5) is 27.0. The third-order valence-electron chi connectivity index (χ3n) is 5.41. The van der Waals surface area contributed by atoms with Crippen LogP contribution in [-0.2, 0) is 0 Å². The summed E-state index contributed by atoms with van der Waals surface area (Å²) < 4.78 is 3.38. The largest absolute Gasteiger partial charge is 0.296 e. The molecule has 0 atom stereocenters. The van der Waals surface area contributed by atoms with Crippen LogP contribution in [0.5, 0.6) is 0 Å². The number of benzene rings is 3. The van der Waals surface area contributed by atoms with E-state index in [4.69, 9.17) is 23.2 Å². The number of carbonyl (C=O) groups is 2. The van der Waals surface area contributed by atoms with E-state index in [1.807, 2.05) is 31.2 Å². The molecule has 0 radical (unpaired) electrons. The van der Waals surface area contributed by atoms with Crippen molar-refractivity contribution >= 4 is 51.3 Å². The van der Waals surface area contributed by atoms with Gasteiger partial charge in [0.2, 0.25) is 5.78 Å². The first-order valence-electron chi connectivity index (χ1n) is 9.68. The first-order chi connectivity index (χ1) is 15.0. The molecule has 0 fully saturated rings. The van der Waals surface area contributed by atoms with Gasteiger partial charge in [0, 0.05) is 28.2 Å². The highest BCUT2D eigenvalue weighted by Crippen LogP contribution is 2.32. The topological polar surface area (TPSA) is 43.5 Å². The zero-order valence-electron chi connectivity index (χ0n) is 16.5. The minimum Gasteiger partial charge on any atom is -0.296 e. The summed E-state index contributed by atoms with van der Waals surface area (Å²) in [5, 5.41) is 2.31. The molecule has 0 spiro atoms. The molecule has 0 bridgehead atoms. The van der Waals surface area contributed by atoms with Gasteiger partial charge in [-0.1, -0.05) is 71.7 Å². The first-order valence-corrected chi connectivity index (χ1v) is 10.4. The fraction of sp³-hybridized carbons (Fsp3) is 0.0400. The van der Waals surface area contributed by atoms with E-state index >= 15 is 0 Å². The summed E-state index contributed by atoms with van der Waals surface area (Å²) in [6.07, 6.45) is 1.80. The van der Waals surface area contributed by atoms with Gasteiger partial charge < -0.3 is 0 Å². The van der Waals surface area contributed by atoms with Gasteiger partial charge in [-0.25, -0.2) is 0 Å². The van der Waals surface area contributed by atoms with E-state index in [0.717, 1.165) is 10.8 Å². The Balaban J connectivity index is 1.83. The number of carbonyl (C=O) groups excluding carboxylic acids is 2. The highest BCUT2D eigenvalue weighted by molar-refractivity contribution is 6.36. The number of nitrogens with zero attached hydrogens (tertiary/aromatic N) is 2. The van der Waals surface area contributed by atoms with Crippen LogP contribution in [-0.4, -0.2) is 20.7 Å². The summed E-state index contributed by atoms with van der Waals surface area (Å²) in [5.74, 6) is -0.456. The number of ketones is 1. The number of aryl methyl sites for hydroxylation is 1. The molecule has 0 N–H and O–H groups in total. The smallest absolute Gasteiger partial charge is 0.265 e. The zero-order valence-corrected chi connectivity index (χ0v) is 18.0. The van der Waals surface area contributed by atoms with Gasteiger partial charge in [-0.15, -0.1) is 0 Å². The minimum absolute atomic E-state index is 0.204. The van der Waals surface area contributed by atoms with Gasteiger partial charge in [-0.3, -0.25) is 18.6 Å². The van der Waals surface area contributed by atoms with Gasteiger partial charge in [-0.2, -0.15) is 0 Å². The van der Waals surface area contributed by atoms with Gasteiger partial charge in [0.1, 0.15) is 11.3 Å². The average molecular weight is 447 g/mol. The molecule has 2 heterocycles. The van der Waals surface area contributed by atoms with Crippen molar-refractivity contribution in [2.45, 2.75) is 6.92 Å². The van der Waals surface area contributed by atoms with Crippen LogP contribution < -0.4 is 0 Å². The molecule has 3 aromatic carbocycles. The van der Waals surface area contributed by atoms with Crippen molar-refractivity contribution in [1.29, 1.82) is 0 Å². The van der Waals surface area contributed by atoms with E-state index in [0.29, 0.717) is 38.2 Å². The lowest BCUT2D eigenvalue weighted by Crippen LogP contribution is -2.14. The molecule has 4 nitrogen and oxygen atoms in total. The number of hydrogen-bond donors (Lipinski definition) is 0. The van der Waals surface area contributed by atoms with Gasteiger partial charge in [0.05, 0.1) is 15.6 Å². The second-order valence-electron chi connectivity index (χ2n) is 7.29. The van der Waals surface area contributed by atoms with Crippen molar-refractivity contribution in [3.8, 4) is 0 Å². The Morgan fingerprint density at radius 1 is 0.742 bits per heavy atom. The molecule has 0 aliphatic carbocycles. The quantitative estimate of drug-likeness (QED) is 0.299. The minimum atomic E-state index is -0.252. The Morgan fingerprint density at radius 3 is 1.94 bits per heavy atom. The van der Waals surface area contributed by atoms with E-state index in [1.54, 1.807) is 63.7 Å². The van der Waals surface area contributed by atoms with E-state index < -0.39 is 0 Å². The van der Waals surface area contributed by atoms with Crippen LogP contribution in [0.2, 0.25) is 10.0 Å². The molecule has 5 rings (SSSR count). The fourth-order valence-electron chi connectivity index (χ4n) is 4.03. The normalized spacial score (nSPS) is 11.3. The maximum Gasteiger partial charge on any atom is 0.265 e.